The van der Waals surface area contributed by atoms with Crippen LogP contribution in [0.25, 0.3) is 0 Å². The highest BCUT2D eigenvalue weighted by Crippen LogP contribution is 2.45. The van der Waals surface area contributed by atoms with E-state index in [4.69, 9.17) is 14.8 Å². The Morgan fingerprint density at radius 1 is 1.57 bits per heavy atom. The normalized spacial score (nSPS) is 28.4. The third-order valence-corrected chi connectivity index (χ3v) is 5.41. The first-order valence-electron chi connectivity index (χ1n) is 6.66. The van der Waals surface area contributed by atoms with Crippen molar-refractivity contribution in [3.63, 3.8) is 0 Å². The lowest BCUT2D eigenvalue weighted by atomic mass is 9.76. The molecule has 2 N–H and O–H groups in total. The number of hydrogen-bond acceptors (Lipinski definition) is 4. The van der Waals surface area contributed by atoms with Crippen molar-refractivity contribution < 1.29 is 14.6 Å². The summed E-state index contributed by atoms with van der Waals surface area (Å²) < 4.78 is 6.60. The minimum atomic E-state index is -1.07. The van der Waals surface area contributed by atoms with Gasteiger partial charge in [-0.3, -0.25) is 10.3 Å². The fraction of sp³-hybridized carbons (Fsp3) is 0.429. The quantitative estimate of drug-likeness (QED) is 0.796. The number of nitrogens with zero attached hydrogens (tertiary/aromatic N) is 1. The summed E-state index contributed by atoms with van der Waals surface area (Å²) in [6, 6.07) is 8.09. The summed E-state index contributed by atoms with van der Waals surface area (Å²) in [5.41, 5.74) is 0.709. The molecule has 7 heteroatoms. The van der Waals surface area contributed by atoms with Crippen LogP contribution in [0, 0.1) is 5.92 Å². The number of benzene rings is 1. The fourth-order valence-corrected chi connectivity index (χ4v) is 4.40. The van der Waals surface area contributed by atoms with Crippen molar-refractivity contribution in [3.05, 3.63) is 34.3 Å². The number of nitrogens with one attached hydrogen (secondary N) is 1. The second-order valence-electron chi connectivity index (χ2n) is 5.11. The van der Waals surface area contributed by atoms with Crippen molar-refractivity contribution in [2.24, 2.45) is 10.9 Å². The van der Waals surface area contributed by atoms with Gasteiger partial charge >= 0.3 is 6.09 Å². The molecule has 0 aromatic heterocycles. The van der Waals surface area contributed by atoms with Gasteiger partial charge in [0.2, 0.25) is 0 Å². The number of amides is 1. The number of rotatable bonds is 1. The van der Waals surface area contributed by atoms with Gasteiger partial charge in [-0.05, 0) is 17.7 Å². The molecule has 5 nitrogen and oxygen atoms in total. The Morgan fingerprint density at radius 2 is 2.43 bits per heavy atom. The number of halogens is 1. The van der Waals surface area contributed by atoms with Gasteiger partial charge in [0.15, 0.2) is 5.17 Å². The Morgan fingerprint density at radius 3 is 3.19 bits per heavy atom. The third-order valence-electron chi connectivity index (χ3n) is 3.88. The van der Waals surface area contributed by atoms with Crippen molar-refractivity contribution in [2.75, 3.05) is 19.0 Å². The summed E-state index contributed by atoms with van der Waals surface area (Å²) in [4.78, 5) is 15.7. The lowest BCUT2D eigenvalue weighted by Crippen LogP contribution is -2.47. The van der Waals surface area contributed by atoms with E-state index in [1.165, 1.54) is 11.8 Å². The van der Waals surface area contributed by atoms with E-state index in [9.17, 15) is 4.79 Å². The minimum Gasteiger partial charge on any atom is -0.465 e. The zero-order valence-electron chi connectivity index (χ0n) is 11.2. The molecule has 0 saturated carbocycles. The van der Waals surface area contributed by atoms with Crippen LogP contribution in [-0.2, 0) is 10.3 Å². The lowest BCUT2D eigenvalue weighted by molar-refractivity contribution is 0.00998. The molecule has 21 heavy (non-hydrogen) atoms. The monoisotopic (exact) mass is 370 g/mol. The Bertz CT molecular complexity index is 595. The fourth-order valence-electron chi connectivity index (χ4n) is 2.88. The molecule has 2 heterocycles. The molecule has 1 fully saturated rings. The van der Waals surface area contributed by atoms with Crippen LogP contribution in [0.1, 0.15) is 12.0 Å². The standard InChI is InChI=1S/C14H15BrN2O3S/c15-11-3-1-2-9(6-11)14-4-5-20-7-10(14)8-21-12(17-14)16-13(18)19/h1-3,6,10H,4-5,7-8H2,(H,16,17)(H,18,19)/t10?,14-/m1/s1. The summed E-state index contributed by atoms with van der Waals surface area (Å²) in [5.74, 6) is 1.05. The highest BCUT2D eigenvalue weighted by atomic mass is 79.9. The predicted molar refractivity (Wildman–Crippen MR) is 85.8 cm³/mol. The maximum atomic E-state index is 10.9. The molecule has 2 atom stereocenters. The summed E-state index contributed by atoms with van der Waals surface area (Å²) in [6.45, 7) is 1.29. The predicted octanol–water partition coefficient (Wildman–Crippen LogP) is 3.05. The maximum absolute atomic E-state index is 10.9. The smallest absolute Gasteiger partial charge is 0.410 e. The van der Waals surface area contributed by atoms with Gasteiger partial charge in [-0.25, -0.2) is 4.79 Å². The molecular weight excluding hydrogens is 356 g/mol. The molecule has 1 unspecified atom stereocenters. The number of carboxylic acid groups (broad SMARTS) is 1. The number of amidine groups is 1. The molecule has 2 aliphatic rings. The molecule has 2 aliphatic heterocycles. The lowest BCUT2D eigenvalue weighted by Gasteiger charge is -2.44. The number of thioether (sulfide) groups is 1. The van der Waals surface area contributed by atoms with Crippen molar-refractivity contribution in [2.45, 2.75) is 12.0 Å². The van der Waals surface area contributed by atoms with E-state index < -0.39 is 11.6 Å². The van der Waals surface area contributed by atoms with Crippen molar-refractivity contribution in [3.8, 4) is 0 Å². The number of hydrogen-bond donors (Lipinski definition) is 2. The highest BCUT2D eigenvalue weighted by molar-refractivity contribution is 9.10. The van der Waals surface area contributed by atoms with Gasteiger partial charge in [-0.1, -0.05) is 39.8 Å². The van der Waals surface area contributed by atoms with Crippen LogP contribution in [0.5, 0.6) is 0 Å². The van der Waals surface area contributed by atoms with Gasteiger partial charge in [0.25, 0.3) is 0 Å². The Hall–Kier alpha value is -1.05. The molecule has 112 valence electrons. The van der Waals surface area contributed by atoms with Gasteiger partial charge < -0.3 is 9.84 Å². The van der Waals surface area contributed by atoms with Gasteiger partial charge in [0.05, 0.1) is 12.1 Å². The maximum Gasteiger partial charge on any atom is 0.410 e. The van der Waals surface area contributed by atoms with E-state index in [2.05, 4.69) is 33.4 Å². The molecule has 3 rings (SSSR count). The molecule has 0 radical (unpaired) electrons. The molecule has 0 bridgehead atoms. The van der Waals surface area contributed by atoms with E-state index in [0.29, 0.717) is 18.4 Å². The first-order chi connectivity index (χ1) is 10.1. The summed E-state index contributed by atoms with van der Waals surface area (Å²) in [6.07, 6.45) is -0.310. The van der Waals surface area contributed by atoms with E-state index in [-0.39, 0.29) is 5.92 Å². The number of fused-ring (bicyclic) bond motifs is 1. The van der Waals surface area contributed by atoms with E-state index in [1.807, 2.05) is 12.1 Å². The van der Waals surface area contributed by atoms with Crippen LogP contribution in [-0.4, -0.2) is 35.3 Å². The summed E-state index contributed by atoms with van der Waals surface area (Å²) in [7, 11) is 0. The van der Waals surface area contributed by atoms with Gasteiger partial charge in [0.1, 0.15) is 0 Å². The van der Waals surface area contributed by atoms with E-state index in [0.717, 1.165) is 22.2 Å². The zero-order valence-corrected chi connectivity index (χ0v) is 13.6. The van der Waals surface area contributed by atoms with Crippen LogP contribution in [0.4, 0.5) is 4.79 Å². The molecule has 0 aliphatic carbocycles. The second-order valence-corrected chi connectivity index (χ2v) is 7.04. The number of carbonyl (C=O) groups is 1. The molecule has 1 aromatic carbocycles. The summed E-state index contributed by atoms with van der Waals surface area (Å²) >= 11 is 4.94. The average molecular weight is 371 g/mol. The topological polar surface area (TPSA) is 70.9 Å². The van der Waals surface area contributed by atoms with Gasteiger partial charge in [-0.2, -0.15) is 0 Å². The zero-order chi connectivity index (χ0) is 14.9. The van der Waals surface area contributed by atoms with Crippen LogP contribution < -0.4 is 5.32 Å². The van der Waals surface area contributed by atoms with Crippen LogP contribution in [0.15, 0.2) is 33.7 Å². The van der Waals surface area contributed by atoms with Crippen LogP contribution >= 0.6 is 27.7 Å². The van der Waals surface area contributed by atoms with Crippen molar-refractivity contribution >= 4 is 39.0 Å². The Labute approximate surface area is 135 Å². The van der Waals surface area contributed by atoms with Crippen molar-refractivity contribution in [1.29, 1.82) is 0 Å². The highest BCUT2D eigenvalue weighted by Gasteiger charge is 2.45. The second kappa shape index (κ2) is 5.98. The average Bonchev–Trinajstić information content (AvgIpc) is 2.46. The van der Waals surface area contributed by atoms with Gasteiger partial charge in [0, 0.05) is 29.2 Å². The third kappa shape index (κ3) is 2.95. The number of aliphatic imine (C=N–C) groups is 1. The minimum absolute atomic E-state index is 0.255. The molecular formula is C14H15BrN2O3S. The largest absolute Gasteiger partial charge is 0.465 e. The Kier molecular flexibility index (Phi) is 4.24. The van der Waals surface area contributed by atoms with Crippen LogP contribution in [0.3, 0.4) is 0 Å². The van der Waals surface area contributed by atoms with Crippen LogP contribution in [0.2, 0.25) is 0 Å². The summed E-state index contributed by atoms with van der Waals surface area (Å²) in [5, 5.41) is 11.8. The molecule has 1 aromatic rings. The van der Waals surface area contributed by atoms with E-state index in [1.54, 1.807) is 0 Å². The molecule has 1 amide bonds. The first kappa shape index (κ1) is 14.9. The van der Waals surface area contributed by atoms with Crippen molar-refractivity contribution in [1.82, 2.24) is 5.32 Å². The van der Waals surface area contributed by atoms with E-state index >= 15 is 0 Å². The molecule has 0 spiro atoms. The Balaban J connectivity index is 2.05. The first-order valence-corrected chi connectivity index (χ1v) is 8.44. The SMILES string of the molecule is O=C(O)NC1=N[C@@]2(c3cccc(Br)c3)CCOCC2CS1. The van der Waals surface area contributed by atoms with Gasteiger partial charge in [-0.15, -0.1) is 0 Å². The molecule has 1 saturated heterocycles. The number of ether oxygens (including phenoxy) is 1.